The molecule has 1 aromatic heterocycles. The summed E-state index contributed by atoms with van der Waals surface area (Å²) in [5, 5.41) is 11.6. The van der Waals surface area contributed by atoms with Crippen molar-refractivity contribution in [2.75, 3.05) is 5.75 Å². The fraction of sp³-hybridized carbons (Fsp3) is 0.714. The maximum Gasteiger partial charge on any atom is 0.252 e. The van der Waals surface area contributed by atoms with E-state index in [0.717, 1.165) is 0 Å². The van der Waals surface area contributed by atoms with E-state index in [2.05, 4.69) is 14.7 Å². The monoisotopic (exact) mass is 218 g/mol. The molecule has 1 unspecified atom stereocenters. The molecule has 6 nitrogen and oxygen atoms in total. The van der Waals surface area contributed by atoms with Crippen LogP contribution in [0.1, 0.15) is 29.8 Å². The highest BCUT2D eigenvalue weighted by atomic mass is 32.2. The van der Waals surface area contributed by atoms with Gasteiger partial charge in [-0.1, -0.05) is 5.16 Å². The number of hydrogen-bond acceptors (Lipinski definition) is 6. The van der Waals surface area contributed by atoms with Crippen molar-refractivity contribution >= 4 is 9.84 Å². The highest BCUT2D eigenvalue weighted by Crippen LogP contribution is 2.32. The molecule has 0 saturated carbocycles. The Morgan fingerprint density at radius 3 is 2.86 bits per heavy atom. The lowest BCUT2D eigenvalue weighted by atomic mass is 10.2. The van der Waals surface area contributed by atoms with Crippen molar-refractivity contribution in [3.05, 3.63) is 11.7 Å². The second kappa shape index (κ2) is 3.32. The number of aromatic nitrogens is 2. The van der Waals surface area contributed by atoms with Gasteiger partial charge in [-0.15, -0.1) is 0 Å². The van der Waals surface area contributed by atoms with Gasteiger partial charge in [0.05, 0.1) is 5.75 Å². The Balaban J connectivity index is 2.31. The number of hydrogen-bond donors (Lipinski definition) is 1. The lowest BCUT2D eigenvalue weighted by Gasteiger charge is -2.01. The van der Waals surface area contributed by atoms with E-state index in [4.69, 9.17) is 5.11 Å². The molecule has 78 valence electrons. The summed E-state index contributed by atoms with van der Waals surface area (Å²) in [4.78, 5) is 3.80. The third-order valence-electron chi connectivity index (χ3n) is 2.24. The molecule has 0 amide bonds. The van der Waals surface area contributed by atoms with E-state index >= 15 is 0 Å². The standard InChI is InChI=1S/C7H10N2O4S/c10-4-6-8-7(9-13-6)5-2-1-3-14(5,11)12/h5,10H,1-4H2. The highest BCUT2D eigenvalue weighted by Gasteiger charge is 2.36. The molecule has 1 aliphatic heterocycles. The Bertz CT molecular complexity index is 425. The summed E-state index contributed by atoms with van der Waals surface area (Å²) in [6, 6.07) is 0. The Morgan fingerprint density at radius 1 is 1.57 bits per heavy atom. The summed E-state index contributed by atoms with van der Waals surface area (Å²) in [6.07, 6.45) is 1.17. The molecular weight excluding hydrogens is 208 g/mol. The van der Waals surface area contributed by atoms with Crippen LogP contribution in [-0.4, -0.2) is 29.4 Å². The molecule has 1 aromatic rings. The van der Waals surface area contributed by atoms with E-state index in [1.807, 2.05) is 0 Å². The third kappa shape index (κ3) is 1.53. The molecule has 2 heterocycles. The van der Waals surface area contributed by atoms with Crippen molar-refractivity contribution in [3.63, 3.8) is 0 Å². The minimum Gasteiger partial charge on any atom is -0.387 e. The molecule has 0 aromatic carbocycles. The van der Waals surface area contributed by atoms with Gasteiger partial charge in [0.2, 0.25) is 0 Å². The van der Waals surface area contributed by atoms with Crippen LogP contribution in [-0.2, 0) is 16.4 Å². The van der Waals surface area contributed by atoms with Crippen LogP contribution in [0.5, 0.6) is 0 Å². The average Bonchev–Trinajstić information content (AvgIpc) is 2.70. The Labute approximate surface area is 80.9 Å². The van der Waals surface area contributed by atoms with Gasteiger partial charge in [-0.05, 0) is 12.8 Å². The van der Waals surface area contributed by atoms with Crippen LogP contribution in [0.2, 0.25) is 0 Å². The first kappa shape index (κ1) is 9.60. The Morgan fingerprint density at radius 2 is 2.36 bits per heavy atom. The molecule has 1 saturated heterocycles. The molecular formula is C7H10N2O4S. The van der Waals surface area contributed by atoms with Gasteiger partial charge >= 0.3 is 0 Å². The minimum atomic E-state index is -3.10. The second-order valence-electron chi connectivity index (χ2n) is 3.20. The van der Waals surface area contributed by atoms with Crippen LogP contribution in [0.4, 0.5) is 0 Å². The van der Waals surface area contributed by atoms with E-state index in [-0.39, 0.29) is 24.1 Å². The molecule has 1 aliphatic rings. The van der Waals surface area contributed by atoms with E-state index in [1.54, 1.807) is 0 Å². The van der Waals surface area contributed by atoms with Crippen molar-refractivity contribution in [2.45, 2.75) is 24.7 Å². The van der Waals surface area contributed by atoms with E-state index < -0.39 is 15.1 Å². The van der Waals surface area contributed by atoms with Gasteiger partial charge in [0.25, 0.3) is 5.89 Å². The predicted molar refractivity (Wildman–Crippen MR) is 46.0 cm³/mol. The van der Waals surface area contributed by atoms with E-state index in [0.29, 0.717) is 12.8 Å². The van der Waals surface area contributed by atoms with Crippen LogP contribution < -0.4 is 0 Å². The molecule has 2 rings (SSSR count). The van der Waals surface area contributed by atoms with Gasteiger partial charge in [-0.25, -0.2) is 8.42 Å². The van der Waals surface area contributed by atoms with Gasteiger partial charge in [0.1, 0.15) is 11.9 Å². The lowest BCUT2D eigenvalue weighted by molar-refractivity contribution is 0.222. The van der Waals surface area contributed by atoms with Gasteiger partial charge in [0, 0.05) is 0 Å². The Kier molecular flexibility index (Phi) is 2.28. The zero-order valence-corrected chi connectivity index (χ0v) is 8.20. The van der Waals surface area contributed by atoms with Gasteiger partial charge < -0.3 is 9.63 Å². The summed E-state index contributed by atoms with van der Waals surface area (Å²) in [6.45, 7) is -0.361. The zero-order valence-electron chi connectivity index (χ0n) is 7.38. The minimum absolute atomic E-state index is 0.0575. The van der Waals surface area contributed by atoms with Crippen molar-refractivity contribution in [2.24, 2.45) is 0 Å². The third-order valence-corrected chi connectivity index (χ3v) is 4.41. The molecule has 1 N–H and O–H groups in total. The molecule has 0 spiro atoms. The van der Waals surface area contributed by atoms with Crippen LogP contribution in [0.15, 0.2) is 4.52 Å². The Hall–Kier alpha value is -0.950. The first-order chi connectivity index (χ1) is 6.63. The maximum atomic E-state index is 11.5. The van der Waals surface area contributed by atoms with Crippen molar-refractivity contribution in [3.8, 4) is 0 Å². The highest BCUT2D eigenvalue weighted by molar-refractivity contribution is 7.91. The van der Waals surface area contributed by atoms with Crippen molar-refractivity contribution in [1.29, 1.82) is 0 Å². The number of nitrogens with zero attached hydrogens (tertiary/aromatic N) is 2. The maximum absolute atomic E-state index is 11.5. The predicted octanol–water partition coefficient (Wildman–Crippen LogP) is -0.188. The van der Waals surface area contributed by atoms with Gasteiger partial charge in [-0.2, -0.15) is 4.98 Å². The summed E-state index contributed by atoms with van der Waals surface area (Å²) in [5.41, 5.74) is 0. The largest absolute Gasteiger partial charge is 0.387 e. The summed E-state index contributed by atoms with van der Waals surface area (Å²) in [7, 11) is -3.10. The second-order valence-corrected chi connectivity index (χ2v) is 5.51. The molecule has 1 fully saturated rings. The van der Waals surface area contributed by atoms with Crippen LogP contribution in [0, 0.1) is 0 Å². The number of aliphatic hydroxyl groups is 1. The summed E-state index contributed by atoms with van der Waals surface area (Å²) < 4.78 is 27.6. The summed E-state index contributed by atoms with van der Waals surface area (Å²) >= 11 is 0. The molecule has 7 heteroatoms. The normalized spacial score (nSPS) is 25.4. The first-order valence-corrected chi connectivity index (χ1v) is 6.00. The zero-order chi connectivity index (χ0) is 10.2. The van der Waals surface area contributed by atoms with Gasteiger partial charge in [-0.3, -0.25) is 0 Å². The van der Waals surface area contributed by atoms with E-state index in [9.17, 15) is 8.42 Å². The quantitative estimate of drug-likeness (QED) is 0.739. The number of aliphatic hydroxyl groups excluding tert-OH is 1. The fourth-order valence-corrected chi connectivity index (χ4v) is 3.34. The van der Waals surface area contributed by atoms with Crippen LogP contribution in [0.3, 0.4) is 0 Å². The van der Waals surface area contributed by atoms with Crippen LogP contribution >= 0.6 is 0 Å². The van der Waals surface area contributed by atoms with E-state index in [1.165, 1.54) is 0 Å². The fourth-order valence-electron chi connectivity index (χ4n) is 1.54. The molecule has 1 atom stereocenters. The van der Waals surface area contributed by atoms with Crippen LogP contribution in [0.25, 0.3) is 0 Å². The topological polar surface area (TPSA) is 93.3 Å². The van der Waals surface area contributed by atoms with Crippen molar-refractivity contribution < 1.29 is 18.0 Å². The molecule has 0 bridgehead atoms. The molecule has 0 aliphatic carbocycles. The smallest absolute Gasteiger partial charge is 0.252 e. The molecule has 14 heavy (non-hydrogen) atoms. The first-order valence-electron chi connectivity index (χ1n) is 4.28. The van der Waals surface area contributed by atoms with Crippen molar-refractivity contribution in [1.82, 2.24) is 10.1 Å². The SMILES string of the molecule is O=S1(=O)CCCC1c1noc(CO)n1. The summed E-state index contributed by atoms with van der Waals surface area (Å²) in [5.74, 6) is 0.411. The average molecular weight is 218 g/mol. The molecule has 0 radical (unpaired) electrons. The number of sulfone groups is 1. The lowest BCUT2D eigenvalue weighted by Crippen LogP contribution is -2.09. The van der Waals surface area contributed by atoms with Gasteiger partial charge in [0.15, 0.2) is 15.7 Å². The number of rotatable bonds is 2.